The Morgan fingerprint density at radius 2 is 1.97 bits per heavy atom. The Morgan fingerprint density at radius 1 is 1.10 bits per heavy atom. The van der Waals surface area contributed by atoms with Crippen LogP contribution in [0.5, 0.6) is 17.4 Å². The first-order valence-electron chi connectivity index (χ1n) is 10.0. The molecular weight excluding hydrogens is 396 g/mol. The van der Waals surface area contributed by atoms with Crippen LogP contribution < -0.4 is 9.47 Å². The average Bonchev–Trinajstić information content (AvgIpc) is 3.54. The van der Waals surface area contributed by atoms with Gasteiger partial charge in [0.2, 0.25) is 11.8 Å². The van der Waals surface area contributed by atoms with Crippen LogP contribution in [0.1, 0.15) is 23.2 Å². The first-order valence-corrected chi connectivity index (χ1v) is 10.0. The summed E-state index contributed by atoms with van der Waals surface area (Å²) in [5, 5.41) is 0. The third-order valence-electron chi connectivity index (χ3n) is 5.00. The standard InChI is InChI=1S/C24H20N2O5/c1-28-24(27)16-7-9-20-21(11-16)31-23(26-20)17-8-10-22(25-13-17)30-19-4-2-3-18(12-19)29-14-15-5-6-15/h2-4,7-13,15H,5-6,14H2,1H3. The van der Waals surface area contributed by atoms with E-state index in [9.17, 15) is 4.79 Å². The number of nitrogens with zero attached hydrogens (tertiary/aromatic N) is 2. The van der Waals surface area contributed by atoms with Crippen molar-refractivity contribution in [2.75, 3.05) is 13.7 Å². The van der Waals surface area contributed by atoms with Gasteiger partial charge in [-0.1, -0.05) is 6.07 Å². The van der Waals surface area contributed by atoms with Gasteiger partial charge >= 0.3 is 5.97 Å². The molecular formula is C24H20N2O5. The van der Waals surface area contributed by atoms with Crippen LogP contribution in [0.2, 0.25) is 0 Å². The molecule has 1 aliphatic rings. The zero-order valence-electron chi connectivity index (χ0n) is 16.9. The van der Waals surface area contributed by atoms with Crippen molar-refractivity contribution in [1.29, 1.82) is 0 Å². The number of pyridine rings is 1. The Hall–Kier alpha value is -3.87. The number of benzene rings is 2. The highest BCUT2D eigenvalue weighted by molar-refractivity contribution is 5.93. The summed E-state index contributed by atoms with van der Waals surface area (Å²) >= 11 is 0. The van der Waals surface area contributed by atoms with Crippen molar-refractivity contribution >= 4 is 17.1 Å². The van der Waals surface area contributed by atoms with Crippen LogP contribution in [0.15, 0.2) is 65.2 Å². The lowest BCUT2D eigenvalue weighted by atomic mass is 10.2. The van der Waals surface area contributed by atoms with Crippen molar-refractivity contribution < 1.29 is 23.4 Å². The molecule has 0 bridgehead atoms. The van der Waals surface area contributed by atoms with Crippen LogP contribution in [-0.4, -0.2) is 29.7 Å². The number of carbonyl (C=O) groups is 1. The Labute approximate surface area is 178 Å². The van der Waals surface area contributed by atoms with Crippen LogP contribution in [0.4, 0.5) is 0 Å². The zero-order valence-corrected chi connectivity index (χ0v) is 16.9. The smallest absolute Gasteiger partial charge is 0.337 e. The molecule has 5 rings (SSSR count). The third kappa shape index (κ3) is 4.35. The second-order valence-electron chi connectivity index (χ2n) is 7.41. The molecule has 0 atom stereocenters. The van der Waals surface area contributed by atoms with Crippen molar-refractivity contribution in [2.24, 2.45) is 5.92 Å². The molecule has 1 aliphatic carbocycles. The minimum atomic E-state index is -0.426. The second-order valence-corrected chi connectivity index (χ2v) is 7.41. The van der Waals surface area contributed by atoms with Gasteiger partial charge in [0.1, 0.15) is 17.0 Å². The van der Waals surface area contributed by atoms with E-state index in [1.54, 1.807) is 30.5 Å². The minimum Gasteiger partial charge on any atom is -0.493 e. The number of carbonyl (C=O) groups excluding carboxylic acids is 1. The highest BCUT2D eigenvalue weighted by Crippen LogP contribution is 2.31. The maximum atomic E-state index is 11.7. The summed E-state index contributed by atoms with van der Waals surface area (Å²) < 4.78 is 22.2. The predicted molar refractivity (Wildman–Crippen MR) is 113 cm³/mol. The fourth-order valence-corrected chi connectivity index (χ4v) is 3.11. The molecule has 7 heteroatoms. The van der Waals surface area contributed by atoms with E-state index < -0.39 is 5.97 Å². The van der Waals surface area contributed by atoms with Gasteiger partial charge in [-0.25, -0.2) is 14.8 Å². The SMILES string of the molecule is COC(=O)c1ccc2nc(-c3ccc(Oc4cccc(OCC5CC5)c4)nc3)oc2c1. The summed E-state index contributed by atoms with van der Waals surface area (Å²) in [6.45, 7) is 0.752. The van der Waals surface area contributed by atoms with Crippen LogP contribution in [0, 0.1) is 5.92 Å². The molecule has 31 heavy (non-hydrogen) atoms. The number of oxazole rings is 1. The van der Waals surface area contributed by atoms with Crippen molar-refractivity contribution in [3.05, 3.63) is 66.4 Å². The van der Waals surface area contributed by atoms with Crippen LogP contribution >= 0.6 is 0 Å². The van der Waals surface area contributed by atoms with E-state index in [-0.39, 0.29) is 0 Å². The molecule has 0 amide bonds. The van der Waals surface area contributed by atoms with E-state index in [0.717, 1.165) is 12.4 Å². The van der Waals surface area contributed by atoms with Crippen LogP contribution in [-0.2, 0) is 4.74 Å². The summed E-state index contributed by atoms with van der Waals surface area (Å²) in [4.78, 5) is 20.5. The van der Waals surface area contributed by atoms with Gasteiger partial charge in [0.25, 0.3) is 0 Å². The van der Waals surface area contributed by atoms with Crippen LogP contribution in [0.25, 0.3) is 22.6 Å². The number of methoxy groups -OCH3 is 1. The molecule has 1 saturated carbocycles. The highest BCUT2D eigenvalue weighted by Gasteiger charge is 2.22. The molecule has 0 unspecified atom stereocenters. The molecule has 0 N–H and O–H groups in total. The number of hydrogen-bond acceptors (Lipinski definition) is 7. The van der Waals surface area contributed by atoms with E-state index in [4.69, 9.17) is 18.6 Å². The largest absolute Gasteiger partial charge is 0.493 e. The molecule has 0 aliphatic heterocycles. The van der Waals surface area contributed by atoms with E-state index in [0.29, 0.717) is 45.7 Å². The lowest BCUT2D eigenvalue weighted by Crippen LogP contribution is -2.00. The fourth-order valence-electron chi connectivity index (χ4n) is 3.11. The van der Waals surface area contributed by atoms with E-state index in [1.165, 1.54) is 20.0 Å². The Morgan fingerprint density at radius 3 is 2.74 bits per heavy atom. The molecule has 0 spiro atoms. The number of rotatable bonds is 7. The number of ether oxygens (including phenoxy) is 3. The van der Waals surface area contributed by atoms with Gasteiger partial charge in [0.05, 0.1) is 24.8 Å². The Balaban J connectivity index is 1.30. The highest BCUT2D eigenvalue weighted by atomic mass is 16.5. The lowest BCUT2D eigenvalue weighted by molar-refractivity contribution is 0.0600. The van der Waals surface area contributed by atoms with E-state index in [1.807, 2.05) is 30.3 Å². The summed E-state index contributed by atoms with van der Waals surface area (Å²) in [5.41, 5.74) is 2.25. The van der Waals surface area contributed by atoms with Crippen molar-refractivity contribution in [2.45, 2.75) is 12.8 Å². The van der Waals surface area contributed by atoms with Gasteiger partial charge in [-0.3, -0.25) is 0 Å². The monoisotopic (exact) mass is 416 g/mol. The average molecular weight is 416 g/mol. The third-order valence-corrected chi connectivity index (χ3v) is 5.00. The van der Waals surface area contributed by atoms with Gasteiger partial charge in [-0.05, 0) is 55.2 Å². The maximum Gasteiger partial charge on any atom is 0.337 e. The minimum absolute atomic E-state index is 0.405. The summed E-state index contributed by atoms with van der Waals surface area (Å²) in [7, 11) is 1.34. The topological polar surface area (TPSA) is 83.7 Å². The fraction of sp³-hybridized carbons (Fsp3) is 0.208. The Kier molecular flexibility index (Phi) is 5.00. The van der Waals surface area contributed by atoms with Gasteiger partial charge in [0.15, 0.2) is 5.58 Å². The zero-order chi connectivity index (χ0) is 21.2. The summed E-state index contributed by atoms with van der Waals surface area (Å²) in [6, 6.07) is 16.1. The van der Waals surface area contributed by atoms with Gasteiger partial charge in [-0.15, -0.1) is 0 Å². The maximum absolute atomic E-state index is 11.7. The van der Waals surface area contributed by atoms with Gasteiger partial charge in [-0.2, -0.15) is 0 Å². The molecule has 0 radical (unpaired) electrons. The second kappa shape index (κ2) is 8.10. The normalized spacial score (nSPS) is 13.2. The molecule has 2 aromatic carbocycles. The van der Waals surface area contributed by atoms with Gasteiger partial charge in [0, 0.05) is 18.3 Å². The molecule has 4 aromatic rings. The van der Waals surface area contributed by atoms with Crippen molar-refractivity contribution in [1.82, 2.24) is 9.97 Å². The lowest BCUT2D eigenvalue weighted by Gasteiger charge is -2.08. The van der Waals surface area contributed by atoms with Crippen LogP contribution in [0.3, 0.4) is 0 Å². The van der Waals surface area contributed by atoms with E-state index >= 15 is 0 Å². The summed E-state index contributed by atoms with van der Waals surface area (Å²) in [6.07, 6.45) is 4.13. The number of esters is 1. The molecule has 2 aromatic heterocycles. The van der Waals surface area contributed by atoms with Gasteiger partial charge < -0.3 is 18.6 Å². The number of fused-ring (bicyclic) bond motifs is 1. The molecule has 2 heterocycles. The first-order chi connectivity index (χ1) is 15.2. The molecule has 1 fully saturated rings. The van der Waals surface area contributed by atoms with Crippen molar-refractivity contribution in [3.8, 4) is 28.8 Å². The molecule has 0 saturated heterocycles. The first kappa shape index (κ1) is 19.1. The number of aromatic nitrogens is 2. The van der Waals surface area contributed by atoms with E-state index in [2.05, 4.69) is 9.97 Å². The Bertz CT molecular complexity index is 1230. The summed E-state index contributed by atoms with van der Waals surface area (Å²) in [5.74, 6) is 2.58. The molecule has 7 nitrogen and oxygen atoms in total. The molecule has 156 valence electrons. The number of hydrogen-bond donors (Lipinski definition) is 0. The van der Waals surface area contributed by atoms with Crippen molar-refractivity contribution in [3.63, 3.8) is 0 Å². The predicted octanol–water partition coefficient (Wildman–Crippen LogP) is 5.26. The quantitative estimate of drug-likeness (QED) is 0.380.